The van der Waals surface area contributed by atoms with Gasteiger partial charge in [0.05, 0.1) is 0 Å². The van der Waals surface area contributed by atoms with E-state index in [1.165, 1.54) is 6.92 Å². The van der Waals surface area contributed by atoms with Crippen LogP contribution in [0, 0.1) is 5.92 Å². The summed E-state index contributed by atoms with van der Waals surface area (Å²) in [5.74, 6) is -0.634. The first-order valence-electron chi connectivity index (χ1n) is 3.64. The van der Waals surface area contributed by atoms with Gasteiger partial charge in [-0.15, -0.1) is 0 Å². The molecule has 58 valence electrons. The second kappa shape index (κ2) is 4.20. The molecule has 0 aliphatic carbocycles. The molecule has 0 aliphatic rings. The predicted molar refractivity (Wildman–Crippen MR) is 39.8 cm³/mol. The molecule has 0 saturated heterocycles. The quantitative estimate of drug-likeness (QED) is 0.558. The minimum Gasteiger partial charge on any atom is -0.291 e. The first kappa shape index (κ1) is 9.34. The number of carbonyl (C=O) groups is 2. The Labute approximate surface area is 61.6 Å². The summed E-state index contributed by atoms with van der Waals surface area (Å²) < 4.78 is 0. The Morgan fingerprint density at radius 2 is 1.90 bits per heavy atom. The molecule has 0 fully saturated rings. The van der Waals surface area contributed by atoms with E-state index in [9.17, 15) is 9.59 Å². The molecule has 10 heavy (non-hydrogen) atoms. The van der Waals surface area contributed by atoms with Gasteiger partial charge >= 0.3 is 0 Å². The number of ketones is 2. The fraction of sp³-hybridized carbons (Fsp3) is 0.750. The van der Waals surface area contributed by atoms with E-state index in [-0.39, 0.29) is 17.5 Å². The second-order valence-electron chi connectivity index (χ2n) is 2.61. The van der Waals surface area contributed by atoms with Crippen molar-refractivity contribution >= 4 is 11.6 Å². The van der Waals surface area contributed by atoms with Gasteiger partial charge in [-0.1, -0.05) is 20.3 Å². The summed E-state index contributed by atoms with van der Waals surface area (Å²) in [5, 5.41) is 0. The molecule has 1 atom stereocenters. The molecule has 0 radical (unpaired) electrons. The van der Waals surface area contributed by atoms with E-state index in [0.29, 0.717) is 0 Å². The number of carbonyl (C=O) groups excluding carboxylic acids is 2. The molecule has 1 unspecified atom stereocenters. The Kier molecular flexibility index (Phi) is 3.93. The van der Waals surface area contributed by atoms with Gasteiger partial charge in [0.15, 0.2) is 5.78 Å². The Morgan fingerprint density at radius 1 is 1.40 bits per heavy atom. The lowest BCUT2D eigenvalue weighted by Crippen LogP contribution is -2.18. The number of hydrogen-bond donors (Lipinski definition) is 0. The highest BCUT2D eigenvalue weighted by Gasteiger charge is 2.15. The van der Waals surface area contributed by atoms with Crippen LogP contribution >= 0.6 is 0 Å². The van der Waals surface area contributed by atoms with Crippen molar-refractivity contribution in [3.8, 4) is 0 Å². The zero-order chi connectivity index (χ0) is 8.15. The molecular formula is C8H14O2. The van der Waals surface area contributed by atoms with Gasteiger partial charge in [-0.25, -0.2) is 0 Å². The van der Waals surface area contributed by atoms with Crippen molar-refractivity contribution in [3.63, 3.8) is 0 Å². The predicted octanol–water partition coefficient (Wildman–Crippen LogP) is 1.58. The van der Waals surface area contributed by atoms with Crippen molar-refractivity contribution in [1.29, 1.82) is 0 Å². The second-order valence-corrected chi connectivity index (χ2v) is 2.61. The van der Waals surface area contributed by atoms with Crippen molar-refractivity contribution in [2.75, 3.05) is 0 Å². The third-order valence-electron chi connectivity index (χ3n) is 1.52. The summed E-state index contributed by atoms with van der Waals surface area (Å²) in [6.07, 6.45) is 1.78. The lowest BCUT2D eigenvalue weighted by atomic mass is 9.99. The number of hydrogen-bond acceptors (Lipinski definition) is 2. The Balaban J connectivity index is 3.82. The van der Waals surface area contributed by atoms with Gasteiger partial charge in [-0.2, -0.15) is 0 Å². The smallest absolute Gasteiger partial charge is 0.200 e. The van der Waals surface area contributed by atoms with Crippen molar-refractivity contribution in [3.05, 3.63) is 0 Å². The Morgan fingerprint density at radius 3 is 2.20 bits per heavy atom. The van der Waals surface area contributed by atoms with Gasteiger partial charge in [0, 0.05) is 12.8 Å². The van der Waals surface area contributed by atoms with Crippen LogP contribution in [0.25, 0.3) is 0 Å². The molecule has 0 saturated carbocycles. The normalized spacial score (nSPS) is 12.7. The summed E-state index contributed by atoms with van der Waals surface area (Å²) in [6.45, 7) is 5.13. The van der Waals surface area contributed by atoms with Crippen LogP contribution in [0.1, 0.15) is 33.6 Å². The molecule has 0 amide bonds. The zero-order valence-electron chi connectivity index (χ0n) is 6.81. The van der Waals surface area contributed by atoms with E-state index in [4.69, 9.17) is 0 Å². The molecule has 0 bridgehead atoms. The number of Topliss-reactive ketones (excluding diaryl/α,β-unsaturated/α-hetero) is 2. The molecule has 0 heterocycles. The number of rotatable bonds is 4. The standard InChI is InChI=1S/C8H14O2/c1-4-5-6(2)8(10)7(3)9/h6H,4-5H2,1-3H3. The third kappa shape index (κ3) is 2.76. The van der Waals surface area contributed by atoms with Gasteiger partial charge in [0.25, 0.3) is 0 Å². The van der Waals surface area contributed by atoms with Gasteiger partial charge in [0.2, 0.25) is 5.78 Å². The highest BCUT2D eigenvalue weighted by Crippen LogP contribution is 2.06. The van der Waals surface area contributed by atoms with E-state index < -0.39 is 0 Å². The first-order chi connectivity index (χ1) is 4.59. The molecule has 2 heteroatoms. The van der Waals surface area contributed by atoms with Gasteiger partial charge in [0.1, 0.15) is 0 Å². The van der Waals surface area contributed by atoms with E-state index >= 15 is 0 Å². The highest BCUT2D eigenvalue weighted by molar-refractivity contribution is 6.36. The first-order valence-corrected chi connectivity index (χ1v) is 3.64. The van der Waals surface area contributed by atoms with Crippen molar-refractivity contribution in [2.45, 2.75) is 33.6 Å². The van der Waals surface area contributed by atoms with Gasteiger partial charge < -0.3 is 0 Å². The Hall–Kier alpha value is -0.660. The molecule has 0 spiro atoms. The lowest BCUT2D eigenvalue weighted by Gasteiger charge is -2.03. The van der Waals surface area contributed by atoms with Crippen LogP contribution in [-0.2, 0) is 9.59 Å². The van der Waals surface area contributed by atoms with Crippen LogP contribution in [0.2, 0.25) is 0 Å². The molecule has 2 nitrogen and oxygen atoms in total. The minimum atomic E-state index is -0.319. The molecule has 0 N–H and O–H groups in total. The maximum atomic E-state index is 10.9. The van der Waals surface area contributed by atoms with E-state index in [2.05, 4.69) is 0 Å². The van der Waals surface area contributed by atoms with E-state index in [0.717, 1.165) is 12.8 Å². The van der Waals surface area contributed by atoms with Crippen LogP contribution in [0.4, 0.5) is 0 Å². The fourth-order valence-corrected chi connectivity index (χ4v) is 0.911. The fourth-order valence-electron chi connectivity index (χ4n) is 0.911. The van der Waals surface area contributed by atoms with E-state index in [1.54, 1.807) is 6.92 Å². The molecule has 0 aromatic rings. The summed E-state index contributed by atoms with van der Waals surface area (Å²) in [7, 11) is 0. The van der Waals surface area contributed by atoms with Crippen LogP contribution in [0.5, 0.6) is 0 Å². The van der Waals surface area contributed by atoms with Crippen molar-refractivity contribution in [1.82, 2.24) is 0 Å². The maximum Gasteiger partial charge on any atom is 0.200 e. The van der Waals surface area contributed by atoms with Crippen molar-refractivity contribution in [2.24, 2.45) is 5.92 Å². The molecule has 0 aromatic carbocycles. The average molecular weight is 142 g/mol. The third-order valence-corrected chi connectivity index (χ3v) is 1.52. The summed E-state index contributed by atoms with van der Waals surface area (Å²) in [4.78, 5) is 21.4. The largest absolute Gasteiger partial charge is 0.291 e. The SMILES string of the molecule is CCCC(C)C(=O)C(C)=O. The average Bonchev–Trinajstić information content (AvgIpc) is 1.87. The van der Waals surface area contributed by atoms with Crippen LogP contribution in [0.15, 0.2) is 0 Å². The maximum absolute atomic E-state index is 10.9. The summed E-state index contributed by atoms with van der Waals surface area (Å²) in [6, 6.07) is 0. The summed E-state index contributed by atoms with van der Waals surface area (Å²) >= 11 is 0. The van der Waals surface area contributed by atoms with Gasteiger partial charge in [-0.3, -0.25) is 9.59 Å². The minimum absolute atomic E-state index is 0.0810. The molecule has 0 aliphatic heterocycles. The van der Waals surface area contributed by atoms with Crippen LogP contribution in [-0.4, -0.2) is 11.6 Å². The van der Waals surface area contributed by atoms with Gasteiger partial charge in [-0.05, 0) is 6.42 Å². The Bertz CT molecular complexity index is 138. The van der Waals surface area contributed by atoms with Crippen molar-refractivity contribution < 1.29 is 9.59 Å². The topological polar surface area (TPSA) is 34.1 Å². The van der Waals surface area contributed by atoms with Crippen LogP contribution < -0.4 is 0 Å². The summed E-state index contributed by atoms with van der Waals surface area (Å²) in [5.41, 5.74) is 0. The molecule has 0 aromatic heterocycles. The molecule has 0 rings (SSSR count). The highest BCUT2D eigenvalue weighted by atomic mass is 16.2. The lowest BCUT2D eigenvalue weighted by molar-refractivity contribution is -0.137. The molecular weight excluding hydrogens is 128 g/mol. The zero-order valence-corrected chi connectivity index (χ0v) is 6.81. The van der Waals surface area contributed by atoms with E-state index in [1.807, 2.05) is 6.92 Å². The monoisotopic (exact) mass is 142 g/mol. The van der Waals surface area contributed by atoms with Crippen LogP contribution in [0.3, 0.4) is 0 Å².